The van der Waals surface area contributed by atoms with E-state index in [9.17, 15) is 0 Å². The molecule has 0 spiro atoms. The van der Waals surface area contributed by atoms with E-state index in [0.29, 0.717) is 6.04 Å². The highest BCUT2D eigenvalue weighted by atomic mass is 15.3. The van der Waals surface area contributed by atoms with Gasteiger partial charge in [0, 0.05) is 24.8 Å². The predicted molar refractivity (Wildman–Crippen MR) is 66.3 cm³/mol. The molecule has 1 N–H and O–H groups in total. The van der Waals surface area contributed by atoms with Crippen LogP contribution < -0.4 is 5.32 Å². The molecule has 1 aliphatic carbocycles. The van der Waals surface area contributed by atoms with Crippen molar-refractivity contribution in [2.24, 2.45) is 13.0 Å². The average Bonchev–Trinajstić information content (AvgIpc) is 2.85. The summed E-state index contributed by atoms with van der Waals surface area (Å²) in [6, 6.07) is 0.515. The summed E-state index contributed by atoms with van der Waals surface area (Å²) in [7, 11) is 2.01. The smallest absolute Gasteiger partial charge is 0.0641 e. The van der Waals surface area contributed by atoms with E-state index < -0.39 is 0 Å². The van der Waals surface area contributed by atoms with Gasteiger partial charge >= 0.3 is 0 Å². The van der Waals surface area contributed by atoms with Crippen molar-refractivity contribution < 1.29 is 0 Å². The van der Waals surface area contributed by atoms with Gasteiger partial charge in [-0.15, -0.1) is 0 Å². The van der Waals surface area contributed by atoms with Gasteiger partial charge in [-0.2, -0.15) is 5.10 Å². The summed E-state index contributed by atoms with van der Waals surface area (Å²) in [4.78, 5) is 0. The monoisotopic (exact) mass is 221 g/mol. The van der Waals surface area contributed by atoms with E-state index in [-0.39, 0.29) is 0 Å². The summed E-state index contributed by atoms with van der Waals surface area (Å²) in [5.41, 5.74) is 2.58. The number of hydrogen-bond acceptors (Lipinski definition) is 2. The maximum absolute atomic E-state index is 4.46. The molecule has 1 heterocycles. The number of nitrogens with one attached hydrogen (secondary N) is 1. The third-order valence-electron chi connectivity index (χ3n) is 3.68. The lowest BCUT2D eigenvalue weighted by Gasteiger charge is -2.23. The van der Waals surface area contributed by atoms with Gasteiger partial charge in [-0.1, -0.05) is 19.8 Å². The van der Waals surface area contributed by atoms with Crippen LogP contribution in [0.25, 0.3) is 0 Å². The van der Waals surface area contributed by atoms with Gasteiger partial charge in [-0.25, -0.2) is 0 Å². The van der Waals surface area contributed by atoms with Crippen LogP contribution >= 0.6 is 0 Å². The maximum Gasteiger partial charge on any atom is 0.0641 e. The molecule has 16 heavy (non-hydrogen) atoms. The van der Waals surface area contributed by atoms with Crippen LogP contribution in [0.5, 0.6) is 0 Å². The molecule has 1 aromatic rings. The number of nitrogens with zero attached hydrogens (tertiary/aromatic N) is 2. The first-order valence-electron chi connectivity index (χ1n) is 6.46. The zero-order valence-electron chi connectivity index (χ0n) is 10.7. The molecule has 0 bridgehead atoms. The molecule has 0 aliphatic heterocycles. The van der Waals surface area contributed by atoms with Gasteiger partial charge in [0.1, 0.15) is 0 Å². The summed E-state index contributed by atoms with van der Waals surface area (Å²) in [5, 5.41) is 8.10. The largest absolute Gasteiger partial charge is 0.310 e. The van der Waals surface area contributed by atoms with Gasteiger partial charge in [0.15, 0.2) is 0 Å². The third-order valence-corrected chi connectivity index (χ3v) is 3.68. The SMILES string of the molecule is CCNC(c1cn(C)nc1C)C1CCCC1. The van der Waals surface area contributed by atoms with Crippen LogP contribution in [0.1, 0.15) is 49.9 Å². The van der Waals surface area contributed by atoms with Crippen molar-refractivity contribution in [2.75, 3.05) is 6.54 Å². The summed E-state index contributed by atoms with van der Waals surface area (Å²) < 4.78 is 1.93. The zero-order chi connectivity index (χ0) is 11.5. The Morgan fingerprint density at radius 2 is 2.19 bits per heavy atom. The zero-order valence-corrected chi connectivity index (χ0v) is 10.7. The Hall–Kier alpha value is -0.830. The quantitative estimate of drug-likeness (QED) is 0.847. The first kappa shape index (κ1) is 11.6. The van der Waals surface area contributed by atoms with Crippen molar-refractivity contribution in [3.05, 3.63) is 17.5 Å². The van der Waals surface area contributed by atoms with Crippen LogP contribution in [-0.2, 0) is 7.05 Å². The number of hydrogen-bond donors (Lipinski definition) is 1. The fraction of sp³-hybridized carbons (Fsp3) is 0.769. The van der Waals surface area contributed by atoms with Crippen molar-refractivity contribution in [3.8, 4) is 0 Å². The van der Waals surface area contributed by atoms with E-state index in [1.165, 1.54) is 36.9 Å². The first-order valence-corrected chi connectivity index (χ1v) is 6.46. The predicted octanol–water partition coefficient (Wildman–Crippen LogP) is 2.57. The Morgan fingerprint density at radius 1 is 1.50 bits per heavy atom. The molecule has 1 aliphatic rings. The lowest BCUT2D eigenvalue weighted by atomic mass is 9.92. The Labute approximate surface area is 98.2 Å². The summed E-state index contributed by atoms with van der Waals surface area (Å²) in [5.74, 6) is 0.808. The van der Waals surface area contributed by atoms with Gasteiger partial charge in [-0.05, 0) is 32.2 Å². The van der Waals surface area contributed by atoms with Gasteiger partial charge in [0.05, 0.1) is 5.69 Å². The third kappa shape index (κ3) is 2.29. The molecule has 90 valence electrons. The van der Waals surface area contributed by atoms with Crippen molar-refractivity contribution >= 4 is 0 Å². The molecule has 3 heteroatoms. The molecule has 2 rings (SSSR count). The molecule has 1 saturated carbocycles. The van der Waals surface area contributed by atoms with E-state index in [4.69, 9.17) is 0 Å². The molecule has 1 unspecified atom stereocenters. The van der Waals surface area contributed by atoms with E-state index in [1.54, 1.807) is 0 Å². The van der Waals surface area contributed by atoms with Crippen LogP contribution in [0.3, 0.4) is 0 Å². The van der Waals surface area contributed by atoms with Crippen molar-refractivity contribution in [2.45, 2.75) is 45.6 Å². The molecular formula is C13H23N3. The highest BCUT2D eigenvalue weighted by Crippen LogP contribution is 2.36. The summed E-state index contributed by atoms with van der Waals surface area (Å²) in [6.45, 7) is 5.35. The fourth-order valence-electron chi connectivity index (χ4n) is 2.96. The second kappa shape index (κ2) is 5.00. The molecule has 0 aromatic carbocycles. The Morgan fingerprint density at radius 3 is 2.69 bits per heavy atom. The Kier molecular flexibility index (Phi) is 3.64. The normalized spacial score (nSPS) is 19.2. The minimum atomic E-state index is 0.515. The van der Waals surface area contributed by atoms with Crippen molar-refractivity contribution in [1.29, 1.82) is 0 Å². The van der Waals surface area contributed by atoms with Crippen LogP contribution in [0, 0.1) is 12.8 Å². The highest BCUT2D eigenvalue weighted by molar-refractivity contribution is 5.21. The van der Waals surface area contributed by atoms with Crippen LogP contribution in [0.15, 0.2) is 6.20 Å². The molecule has 0 saturated heterocycles. The van der Waals surface area contributed by atoms with Crippen LogP contribution in [-0.4, -0.2) is 16.3 Å². The standard InChI is InChI=1S/C13H23N3/c1-4-14-13(11-7-5-6-8-11)12-9-16(3)15-10(12)2/h9,11,13-14H,4-8H2,1-3H3. The lowest BCUT2D eigenvalue weighted by molar-refractivity contribution is 0.373. The molecule has 0 radical (unpaired) electrons. The van der Waals surface area contributed by atoms with E-state index in [2.05, 4.69) is 30.5 Å². The van der Waals surface area contributed by atoms with Crippen LogP contribution in [0.4, 0.5) is 0 Å². The molecule has 3 nitrogen and oxygen atoms in total. The highest BCUT2D eigenvalue weighted by Gasteiger charge is 2.27. The fourth-order valence-corrected chi connectivity index (χ4v) is 2.96. The van der Waals surface area contributed by atoms with Gasteiger partial charge in [0.25, 0.3) is 0 Å². The lowest BCUT2D eigenvalue weighted by Crippen LogP contribution is -2.27. The van der Waals surface area contributed by atoms with Gasteiger partial charge in [0.2, 0.25) is 0 Å². The molecular weight excluding hydrogens is 198 g/mol. The Balaban J connectivity index is 2.20. The first-order chi connectivity index (χ1) is 7.72. The van der Waals surface area contributed by atoms with Crippen LogP contribution in [0.2, 0.25) is 0 Å². The minimum Gasteiger partial charge on any atom is -0.310 e. The molecule has 0 amide bonds. The molecule has 1 fully saturated rings. The maximum atomic E-state index is 4.46. The second-order valence-electron chi connectivity index (χ2n) is 4.92. The van der Waals surface area contributed by atoms with Gasteiger partial charge in [-0.3, -0.25) is 4.68 Å². The molecule has 1 aromatic heterocycles. The van der Waals surface area contributed by atoms with Gasteiger partial charge < -0.3 is 5.32 Å². The van der Waals surface area contributed by atoms with Crippen molar-refractivity contribution in [1.82, 2.24) is 15.1 Å². The number of aryl methyl sites for hydroxylation is 2. The number of rotatable bonds is 4. The van der Waals surface area contributed by atoms with E-state index in [0.717, 1.165) is 12.5 Å². The average molecular weight is 221 g/mol. The topological polar surface area (TPSA) is 29.9 Å². The Bertz CT molecular complexity index is 337. The molecule has 1 atom stereocenters. The minimum absolute atomic E-state index is 0.515. The second-order valence-corrected chi connectivity index (χ2v) is 4.92. The summed E-state index contributed by atoms with van der Waals surface area (Å²) in [6.07, 6.45) is 7.71. The van der Waals surface area contributed by atoms with Crippen molar-refractivity contribution in [3.63, 3.8) is 0 Å². The number of aromatic nitrogens is 2. The van der Waals surface area contributed by atoms with E-state index >= 15 is 0 Å². The summed E-state index contributed by atoms with van der Waals surface area (Å²) >= 11 is 0. The van der Waals surface area contributed by atoms with E-state index in [1.807, 2.05) is 11.7 Å².